The van der Waals surface area contributed by atoms with E-state index in [4.69, 9.17) is 4.74 Å². The number of ether oxygens (including phenoxy) is 1. The fraction of sp³-hybridized carbons (Fsp3) is 0.667. The van der Waals surface area contributed by atoms with Gasteiger partial charge in [0.1, 0.15) is 17.0 Å². The standard InChI is InChI=1S/C21H28N2O3S/c1-3-16(21(25)26-14-7-5-4-6-8-14)23-12-22-19-18(20(23)24)15-10-9-13(2)11-17(15)27-19/h12-14,16H,3-11H2,1-2H3/t13-,16-/m1/s1. The summed E-state index contributed by atoms with van der Waals surface area (Å²) in [4.78, 5) is 32.7. The SMILES string of the molecule is CC[C@H](C(=O)OC1CCCCC1)n1cnc2sc3c(c2c1=O)CC[C@@H](C)C3. The number of hydrogen-bond donors (Lipinski definition) is 0. The summed E-state index contributed by atoms with van der Waals surface area (Å²) < 4.78 is 7.26. The summed E-state index contributed by atoms with van der Waals surface area (Å²) >= 11 is 1.64. The van der Waals surface area contributed by atoms with Gasteiger partial charge in [-0.25, -0.2) is 9.78 Å². The first-order valence-electron chi connectivity index (χ1n) is 10.3. The lowest BCUT2D eigenvalue weighted by Crippen LogP contribution is -2.33. The zero-order valence-electron chi connectivity index (χ0n) is 16.2. The maximum Gasteiger partial charge on any atom is 0.329 e. The van der Waals surface area contributed by atoms with Crippen LogP contribution in [0.3, 0.4) is 0 Å². The van der Waals surface area contributed by atoms with Gasteiger partial charge in [-0.2, -0.15) is 0 Å². The number of aryl methyl sites for hydroxylation is 1. The van der Waals surface area contributed by atoms with Crippen LogP contribution in [-0.4, -0.2) is 21.6 Å². The third kappa shape index (κ3) is 3.56. The molecule has 0 unspecified atom stereocenters. The highest BCUT2D eigenvalue weighted by molar-refractivity contribution is 7.18. The summed E-state index contributed by atoms with van der Waals surface area (Å²) in [5.74, 6) is 0.368. The summed E-state index contributed by atoms with van der Waals surface area (Å²) in [6.45, 7) is 4.18. The van der Waals surface area contributed by atoms with Crippen molar-refractivity contribution in [2.45, 2.75) is 83.8 Å². The molecule has 0 aliphatic heterocycles. The van der Waals surface area contributed by atoms with Gasteiger partial charge in [0, 0.05) is 4.88 Å². The lowest BCUT2D eigenvalue weighted by Gasteiger charge is -2.25. The second kappa shape index (κ2) is 7.74. The van der Waals surface area contributed by atoms with Gasteiger partial charge in [0.25, 0.3) is 5.56 Å². The summed E-state index contributed by atoms with van der Waals surface area (Å²) in [6.07, 6.45) is 10.5. The first-order valence-corrected chi connectivity index (χ1v) is 11.1. The van der Waals surface area contributed by atoms with Gasteiger partial charge in [-0.1, -0.05) is 20.3 Å². The second-order valence-corrected chi connectivity index (χ2v) is 9.19. The largest absolute Gasteiger partial charge is 0.461 e. The van der Waals surface area contributed by atoms with E-state index in [0.29, 0.717) is 12.3 Å². The number of rotatable bonds is 4. The molecule has 0 bridgehead atoms. The molecule has 2 aromatic rings. The number of esters is 1. The topological polar surface area (TPSA) is 61.2 Å². The third-order valence-corrected chi connectivity index (χ3v) is 7.23. The number of thiophene rings is 1. The highest BCUT2D eigenvalue weighted by Crippen LogP contribution is 2.35. The first-order chi connectivity index (χ1) is 13.1. The van der Waals surface area contributed by atoms with E-state index in [1.54, 1.807) is 17.7 Å². The van der Waals surface area contributed by atoms with Crippen LogP contribution in [0.2, 0.25) is 0 Å². The Hall–Kier alpha value is -1.69. The Labute approximate surface area is 163 Å². The molecule has 27 heavy (non-hydrogen) atoms. The molecule has 0 radical (unpaired) electrons. The Bertz CT molecular complexity index is 895. The molecule has 2 aliphatic rings. The Balaban J connectivity index is 1.66. The molecule has 0 saturated heterocycles. The van der Waals surface area contributed by atoms with E-state index >= 15 is 0 Å². The molecule has 5 nitrogen and oxygen atoms in total. The summed E-state index contributed by atoms with van der Waals surface area (Å²) in [5, 5.41) is 0.730. The summed E-state index contributed by atoms with van der Waals surface area (Å²) in [5.41, 5.74) is 1.08. The molecular weight excluding hydrogens is 360 g/mol. The number of carbonyl (C=O) groups excluding carboxylic acids is 1. The van der Waals surface area contributed by atoms with E-state index in [9.17, 15) is 9.59 Å². The van der Waals surface area contributed by atoms with Crippen molar-refractivity contribution in [2.24, 2.45) is 5.92 Å². The number of nitrogens with zero attached hydrogens (tertiary/aromatic N) is 2. The fourth-order valence-electron chi connectivity index (χ4n) is 4.47. The third-order valence-electron chi connectivity index (χ3n) is 6.07. The predicted octanol–water partition coefficient (Wildman–Crippen LogP) is 4.41. The van der Waals surface area contributed by atoms with Crippen LogP contribution >= 0.6 is 11.3 Å². The van der Waals surface area contributed by atoms with Crippen LogP contribution in [0.25, 0.3) is 10.2 Å². The minimum absolute atomic E-state index is 0.00286. The van der Waals surface area contributed by atoms with E-state index < -0.39 is 6.04 Å². The Morgan fingerprint density at radius 3 is 2.85 bits per heavy atom. The summed E-state index contributed by atoms with van der Waals surface area (Å²) in [7, 11) is 0. The molecule has 4 rings (SSSR count). The monoisotopic (exact) mass is 388 g/mol. The van der Waals surface area contributed by atoms with Gasteiger partial charge in [-0.3, -0.25) is 9.36 Å². The number of carbonyl (C=O) groups is 1. The molecule has 2 aromatic heterocycles. The van der Waals surface area contributed by atoms with Crippen LogP contribution < -0.4 is 5.56 Å². The van der Waals surface area contributed by atoms with Crippen LogP contribution in [0.1, 0.15) is 75.3 Å². The van der Waals surface area contributed by atoms with Crippen LogP contribution in [0.4, 0.5) is 0 Å². The molecule has 0 aromatic carbocycles. The Morgan fingerprint density at radius 2 is 2.11 bits per heavy atom. The van der Waals surface area contributed by atoms with Gasteiger partial charge in [-0.05, 0) is 62.8 Å². The molecule has 2 atom stereocenters. The van der Waals surface area contributed by atoms with Gasteiger partial charge in [0.2, 0.25) is 0 Å². The van der Waals surface area contributed by atoms with Gasteiger partial charge in [0.05, 0.1) is 11.7 Å². The average molecular weight is 389 g/mol. The van der Waals surface area contributed by atoms with E-state index in [1.807, 2.05) is 6.92 Å². The van der Waals surface area contributed by atoms with Crippen LogP contribution in [0.15, 0.2) is 11.1 Å². The molecule has 2 heterocycles. The lowest BCUT2D eigenvalue weighted by atomic mass is 9.89. The normalized spacial score (nSPS) is 21.8. The first kappa shape index (κ1) is 18.7. The van der Waals surface area contributed by atoms with E-state index in [0.717, 1.165) is 60.7 Å². The highest BCUT2D eigenvalue weighted by atomic mass is 32.1. The molecule has 146 valence electrons. The van der Waals surface area contributed by atoms with Crippen molar-refractivity contribution >= 4 is 27.5 Å². The minimum atomic E-state index is -0.589. The molecule has 6 heteroatoms. The maximum absolute atomic E-state index is 13.3. The molecule has 1 saturated carbocycles. The van der Waals surface area contributed by atoms with Crippen molar-refractivity contribution in [2.75, 3.05) is 0 Å². The molecule has 0 N–H and O–H groups in total. The van der Waals surface area contributed by atoms with Crippen molar-refractivity contribution in [3.63, 3.8) is 0 Å². The minimum Gasteiger partial charge on any atom is -0.461 e. The van der Waals surface area contributed by atoms with Gasteiger partial charge >= 0.3 is 5.97 Å². The number of hydrogen-bond acceptors (Lipinski definition) is 5. The Morgan fingerprint density at radius 1 is 1.33 bits per heavy atom. The lowest BCUT2D eigenvalue weighted by molar-refractivity contribution is -0.154. The van der Waals surface area contributed by atoms with E-state index in [2.05, 4.69) is 11.9 Å². The molecule has 0 amide bonds. The molecule has 0 spiro atoms. The number of fused-ring (bicyclic) bond motifs is 3. The molecular formula is C21H28N2O3S. The Kier molecular flexibility index (Phi) is 5.35. The fourth-order valence-corrected chi connectivity index (χ4v) is 5.81. The van der Waals surface area contributed by atoms with E-state index in [1.165, 1.54) is 15.9 Å². The zero-order chi connectivity index (χ0) is 19.0. The van der Waals surface area contributed by atoms with Gasteiger partial charge < -0.3 is 4.74 Å². The van der Waals surface area contributed by atoms with Crippen molar-refractivity contribution in [1.29, 1.82) is 0 Å². The summed E-state index contributed by atoms with van der Waals surface area (Å²) in [6, 6.07) is -0.589. The van der Waals surface area contributed by atoms with Crippen LogP contribution in [0.5, 0.6) is 0 Å². The van der Waals surface area contributed by atoms with Crippen molar-refractivity contribution < 1.29 is 9.53 Å². The molecule has 1 fully saturated rings. The van der Waals surface area contributed by atoms with Gasteiger partial charge in [-0.15, -0.1) is 11.3 Å². The van der Waals surface area contributed by atoms with Crippen LogP contribution in [-0.2, 0) is 22.4 Å². The smallest absolute Gasteiger partial charge is 0.329 e. The van der Waals surface area contributed by atoms with Gasteiger partial charge in [0.15, 0.2) is 0 Å². The highest BCUT2D eigenvalue weighted by Gasteiger charge is 2.28. The predicted molar refractivity (Wildman–Crippen MR) is 107 cm³/mol. The molecule has 2 aliphatic carbocycles. The van der Waals surface area contributed by atoms with Crippen molar-refractivity contribution in [3.05, 3.63) is 27.1 Å². The van der Waals surface area contributed by atoms with Crippen LogP contribution in [0, 0.1) is 5.92 Å². The van der Waals surface area contributed by atoms with Crippen molar-refractivity contribution in [1.82, 2.24) is 9.55 Å². The second-order valence-electron chi connectivity index (χ2n) is 8.11. The number of aromatic nitrogens is 2. The quantitative estimate of drug-likeness (QED) is 0.728. The zero-order valence-corrected chi connectivity index (χ0v) is 17.0. The van der Waals surface area contributed by atoms with Crippen molar-refractivity contribution in [3.8, 4) is 0 Å². The maximum atomic E-state index is 13.3. The van der Waals surface area contributed by atoms with E-state index in [-0.39, 0.29) is 17.6 Å². The average Bonchev–Trinajstić information content (AvgIpc) is 3.03.